The highest BCUT2D eigenvalue weighted by atomic mass is 16.6. The first-order valence-corrected chi connectivity index (χ1v) is 15.5. The van der Waals surface area contributed by atoms with Gasteiger partial charge in [-0.1, -0.05) is 71.3 Å². The number of hydrogen-bond acceptors (Lipinski definition) is 6. The van der Waals surface area contributed by atoms with E-state index in [1.165, 1.54) is 50.5 Å². The molecule has 0 radical (unpaired) electrons. The minimum absolute atomic E-state index is 0.270. The first kappa shape index (κ1) is 30.9. The van der Waals surface area contributed by atoms with Crippen molar-refractivity contribution in [3.63, 3.8) is 0 Å². The second-order valence-corrected chi connectivity index (χ2v) is 13.9. The maximum atomic E-state index is 10.9. The highest BCUT2D eigenvalue weighted by Crippen LogP contribution is 2.60. The predicted molar refractivity (Wildman–Crippen MR) is 154 cm³/mol. The Kier molecular flexibility index (Phi) is 9.88. The van der Waals surface area contributed by atoms with Gasteiger partial charge in [0.1, 0.15) is 23.9 Å². The molecule has 0 aromatic heterocycles. The van der Waals surface area contributed by atoms with Crippen LogP contribution in [0.25, 0.3) is 0 Å². The standard InChI is InChI=1S/C33H54O6/c1-20(2)8-6-9-21(3)26-13-14-27-23(10-7-15-32(26,27)5)11-12-24-16-25(36)17-28(22(24)4)33(19-35)31(38)30(37)29(18-34)39-33/h11-12,20-21,25-31,34-38H,4,6-10,13-19H2,1-3,5H3/b23-11?,24-12-/t21-,25-,26-,27?,28+,29-,30-,31+,32-,33-/m1/s1. The molecule has 4 rings (SSSR count). The third-order valence-corrected chi connectivity index (χ3v) is 11.1. The minimum Gasteiger partial charge on any atom is -0.394 e. The third-order valence-electron chi connectivity index (χ3n) is 11.1. The highest BCUT2D eigenvalue weighted by Gasteiger charge is 2.59. The summed E-state index contributed by atoms with van der Waals surface area (Å²) < 4.78 is 5.90. The van der Waals surface area contributed by atoms with Gasteiger partial charge in [-0.05, 0) is 85.2 Å². The van der Waals surface area contributed by atoms with Crippen LogP contribution in [0.5, 0.6) is 0 Å². The van der Waals surface area contributed by atoms with Crippen LogP contribution in [0.3, 0.4) is 0 Å². The number of hydrogen-bond donors (Lipinski definition) is 5. The molecule has 4 aliphatic rings. The van der Waals surface area contributed by atoms with Crippen molar-refractivity contribution in [2.45, 2.75) is 122 Å². The SMILES string of the molecule is C=C1/C(=C\C=C2CCC[C@@]3(C)C2CC[C@@H]3[C@H](C)CCCC(C)C)C[C@@H](O)C[C@@H]1[C@@]1(CO)O[C@H](CO)[C@@H](O)[C@@H]1O. The van der Waals surface area contributed by atoms with E-state index in [1.54, 1.807) is 0 Å². The van der Waals surface area contributed by atoms with Crippen LogP contribution in [0.15, 0.2) is 35.5 Å². The molecule has 0 aromatic rings. The van der Waals surface area contributed by atoms with Gasteiger partial charge in [0.2, 0.25) is 0 Å². The molecule has 0 bridgehead atoms. The lowest BCUT2D eigenvalue weighted by atomic mass is 9.60. The molecular formula is C33H54O6. The van der Waals surface area contributed by atoms with Crippen molar-refractivity contribution in [1.29, 1.82) is 0 Å². The number of allylic oxidation sites excluding steroid dienone is 3. The maximum absolute atomic E-state index is 10.9. The van der Waals surface area contributed by atoms with Crippen LogP contribution in [-0.2, 0) is 4.74 Å². The van der Waals surface area contributed by atoms with Gasteiger partial charge in [-0.25, -0.2) is 0 Å². The second-order valence-electron chi connectivity index (χ2n) is 13.9. The van der Waals surface area contributed by atoms with Crippen molar-refractivity contribution in [3.05, 3.63) is 35.5 Å². The smallest absolute Gasteiger partial charge is 0.127 e. The third kappa shape index (κ3) is 5.85. The molecule has 1 saturated heterocycles. The zero-order chi connectivity index (χ0) is 28.5. The Balaban J connectivity index is 1.53. The van der Waals surface area contributed by atoms with E-state index in [0.717, 1.165) is 35.3 Å². The van der Waals surface area contributed by atoms with E-state index in [9.17, 15) is 25.5 Å². The van der Waals surface area contributed by atoms with Crippen LogP contribution in [0.4, 0.5) is 0 Å². The highest BCUT2D eigenvalue weighted by molar-refractivity contribution is 5.40. The molecule has 6 nitrogen and oxygen atoms in total. The molecule has 0 amide bonds. The molecule has 5 N–H and O–H groups in total. The zero-order valence-electron chi connectivity index (χ0n) is 24.7. The van der Waals surface area contributed by atoms with Crippen molar-refractivity contribution in [3.8, 4) is 0 Å². The predicted octanol–water partition coefficient (Wildman–Crippen LogP) is 4.69. The largest absolute Gasteiger partial charge is 0.394 e. The molecule has 3 saturated carbocycles. The zero-order valence-corrected chi connectivity index (χ0v) is 24.7. The van der Waals surface area contributed by atoms with Crippen molar-refractivity contribution >= 4 is 0 Å². The van der Waals surface area contributed by atoms with E-state index in [0.29, 0.717) is 17.8 Å². The van der Waals surface area contributed by atoms with Gasteiger partial charge < -0.3 is 30.3 Å². The van der Waals surface area contributed by atoms with E-state index >= 15 is 0 Å². The lowest BCUT2D eigenvalue weighted by Gasteiger charge is -2.44. The Bertz CT molecular complexity index is 925. The molecule has 10 atom stereocenters. The molecule has 39 heavy (non-hydrogen) atoms. The van der Waals surface area contributed by atoms with Crippen LogP contribution in [-0.4, -0.2) is 68.8 Å². The fourth-order valence-corrected chi connectivity index (χ4v) is 8.84. The molecule has 1 heterocycles. The lowest BCUT2D eigenvalue weighted by Crippen LogP contribution is -2.54. The molecule has 4 fully saturated rings. The second kappa shape index (κ2) is 12.5. The number of fused-ring (bicyclic) bond motifs is 1. The Morgan fingerprint density at radius 1 is 1.05 bits per heavy atom. The van der Waals surface area contributed by atoms with Crippen molar-refractivity contribution in [1.82, 2.24) is 0 Å². The van der Waals surface area contributed by atoms with Crippen molar-refractivity contribution in [2.75, 3.05) is 13.2 Å². The number of aliphatic hydroxyl groups is 5. The normalized spacial score (nSPS) is 43.9. The Hall–Kier alpha value is -1.02. The Morgan fingerprint density at radius 2 is 1.79 bits per heavy atom. The summed E-state index contributed by atoms with van der Waals surface area (Å²) in [6, 6.07) is 0. The summed E-state index contributed by atoms with van der Waals surface area (Å²) in [7, 11) is 0. The monoisotopic (exact) mass is 546 g/mol. The van der Waals surface area contributed by atoms with E-state index in [4.69, 9.17) is 4.74 Å². The van der Waals surface area contributed by atoms with Gasteiger partial charge in [-0.3, -0.25) is 0 Å². The van der Waals surface area contributed by atoms with Gasteiger partial charge in [-0.15, -0.1) is 0 Å². The lowest BCUT2D eigenvalue weighted by molar-refractivity contribution is -0.150. The van der Waals surface area contributed by atoms with Crippen molar-refractivity contribution in [2.24, 2.45) is 35.0 Å². The van der Waals surface area contributed by atoms with Crippen LogP contribution in [0, 0.1) is 35.0 Å². The average Bonchev–Trinajstić information content (AvgIpc) is 3.38. The van der Waals surface area contributed by atoms with Crippen LogP contribution in [0.2, 0.25) is 0 Å². The fraction of sp³-hybridized carbons (Fsp3) is 0.818. The summed E-state index contributed by atoms with van der Waals surface area (Å²) in [6.07, 6.45) is 10.8. The van der Waals surface area contributed by atoms with E-state index in [1.807, 2.05) is 0 Å². The molecular weight excluding hydrogens is 492 g/mol. The van der Waals surface area contributed by atoms with Gasteiger partial charge in [0, 0.05) is 5.92 Å². The van der Waals surface area contributed by atoms with Crippen LogP contribution in [0.1, 0.15) is 91.9 Å². The minimum atomic E-state index is -1.51. The number of ether oxygens (including phenoxy) is 1. The fourth-order valence-electron chi connectivity index (χ4n) is 8.84. The average molecular weight is 547 g/mol. The van der Waals surface area contributed by atoms with Gasteiger partial charge in [0.25, 0.3) is 0 Å². The van der Waals surface area contributed by atoms with Crippen LogP contribution < -0.4 is 0 Å². The van der Waals surface area contributed by atoms with E-state index in [2.05, 4.69) is 46.4 Å². The van der Waals surface area contributed by atoms with Crippen molar-refractivity contribution < 1.29 is 30.3 Å². The Labute approximate surface area is 235 Å². The summed E-state index contributed by atoms with van der Waals surface area (Å²) in [4.78, 5) is 0. The summed E-state index contributed by atoms with van der Waals surface area (Å²) in [5, 5.41) is 52.1. The van der Waals surface area contributed by atoms with Crippen LogP contribution >= 0.6 is 0 Å². The molecule has 1 unspecified atom stereocenters. The van der Waals surface area contributed by atoms with Gasteiger partial charge in [0.05, 0.1) is 19.3 Å². The van der Waals surface area contributed by atoms with E-state index < -0.39 is 49.1 Å². The Morgan fingerprint density at radius 3 is 2.44 bits per heavy atom. The summed E-state index contributed by atoms with van der Waals surface area (Å²) in [5.41, 5.74) is 1.95. The topological polar surface area (TPSA) is 110 Å². The van der Waals surface area contributed by atoms with Gasteiger partial charge in [-0.2, -0.15) is 0 Å². The first-order chi connectivity index (χ1) is 18.5. The molecule has 1 aliphatic heterocycles. The first-order valence-electron chi connectivity index (χ1n) is 15.5. The number of aliphatic hydroxyl groups excluding tert-OH is 5. The maximum Gasteiger partial charge on any atom is 0.127 e. The molecule has 3 aliphatic carbocycles. The molecule has 0 spiro atoms. The summed E-state index contributed by atoms with van der Waals surface area (Å²) in [5.74, 6) is 2.29. The molecule has 222 valence electrons. The summed E-state index contributed by atoms with van der Waals surface area (Å²) >= 11 is 0. The molecule has 6 heteroatoms. The quantitative estimate of drug-likeness (QED) is 0.287. The van der Waals surface area contributed by atoms with Gasteiger partial charge in [0.15, 0.2) is 0 Å². The molecule has 0 aromatic carbocycles. The van der Waals surface area contributed by atoms with E-state index in [-0.39, 0.29) is 6.42 Å². The number of rotatable bonds is 9. The summed E-state index contributed by atoms with van der Waals surface area (Å²) in [6.45, 7) is 13.0. The van der Waals surface area contributed by atoms with Gasteiger partial charge >= 0.3 is 0 Å².